The lowest BCUT2D eigenvalue weighted by Crippen LogP contribution is -2.52. The normalized spacial score (nSPS) is 14.7. The number of hydrogen-bond acceptors (Lipinski definition) is 6. The molecule has 4 rings (SSSR count). The van der Waals surface area contributed by atoms with Crippen molar-refractivity contribution in [2.75, 3.05) is 31.1 Å². The molecule has 1 aliphatic heterocycles. The minimum absolute atomic E-state index is 0.0909. The van der Waals surface area contributed by atoms with Crippen LogP contribution in [0.1, 0.15) is 29.4 Å². The van der Waals surface area contributed by atoms with Crippen LogP contribution >= 0.6 is 0 Å². The summed E-state index contributed by atoms with van der Waals surface area (Å²) in [7, 11) is 0. The van der Waals surface area contributed by atoms with Crippen molar-refractivity contribution >= 4 is 18.2 Å². The van der Waals surface area contributed by atoms with Gasteiger partial charge in [-0.15, -0.1) is 0 Å². The molecule has 35 heavy (non-hydrogen) atoms. The Morgan fingerprint density at radius 3 is 2.46 bits per heavy atom. The minimum Gasteiger partial charge on any atom is -0.337 e. The van der Waals surface area contributed by atoms with E-state index in [4.69, 9.17) is 5.41 Å². The van der Waals surface area contributed by atoms with Gasteiger partial charge < -0.3 is 20.5 Å². The van der Waals surface area contributed by atoms with E-state index in [1.165, 1.54) is 0 Å². The molecule has 2 aromatic heterocycles. The molecule has 1 saturated heterocycles. The summed E-state index contributed by atoms with van der Waals surface area (Å²) < 4.78 is 41.8. The zero-order chi connectivity index (χ0) is 25.1. The van der Waals surface area contributed by atoms with Gasteiger partial charge in [0.25, 0.3) is 0 Å². The lowest BCUT2D eigenvalue weighted by Gasteiger charge is -2.35. The number of nitrogens with one attached hydrogen (secondary N) is 3. The number of aryl methyl sites for hydroxylation is 2. The first-order chi connectivity index (χ1) is 16.8. The number of nitrogens with zero attached hydrogens (tertiary/aromatic N) is 5. The Bertz CT molecular complexity index is 1200. The van der Waals surface area contributed by atoms with Crippen LogP contribution in [0.25, 0.3) is 11.3 Å². The number of halogens is 3. The number of amides is 2. The average Bonchev–Trinajstić information content (AvgIpc) is 3.16. The van der Waals surface area contributed by atoms with Crippen molar-refractivity contribution in [3.8, 4) is 11.3 Å². The SMILES string of the molecule is Cc1n[nH]c(C)c1-c1nc(N2CCN(C(=O)N[C@@H](CC=N)c3cc(F)cc(F)c3)CC2)ncc1F. The third kappa shape index (κ3) is 5.26. The first-order valence-electron chi connectivity index (χ1n) is 11.1. The predicted molar refractivity (Wildman–Crippen MR) is 124 cm³/mol. The zero-order valence-electron chi connectivity index (χ0n) is 19.3. The number of rotatable bonds is 6. The third-order valence-corrected chi connectivity index (χ3v) is 5.88. The van der Waals surface area contributed by atoms with Crippen molar-refractivity contribution in [1.29, 1.82) is 5.41 Å². The van der Waals surface area contributed by atoms with Gasteiger partial charge in [-0.3, -0.25) is 5.10 Å². The summed E-state index contributed by atoms with van der Waals surface area (Å²) in [6.07, 6.45) is 2.30. The Balaban J connectivity index is 1.43. The van der Waals surface area contributed by atoms with Crippen LogP contribution in [0.2, 0.25) is 0 Å². The van der Waals surface area contributed by atoms with Gasteiger partial charge in [-0.1, -0.05) is 0 Å². The standard InChI is InChI=1S/C23H25F3N8O/c1-13-20(14(2)32-31-13)21-18(26)12-28-22(30-21)33-5-7-34(8-6-33)23(35)29-19(3-4-27)15-9-16(24)11-17(25)10-15/h4,9-12,19,27H,3,5-8H2,1-2H3,(H,29,35)(H,31,32)/t19-/m0/s1. The van der Waals surface area contributed by atoms with Gasteiger partial charge in [-0.2, -0.15) is 5.10 Å². The molecule has 1 aromatic carbocycles. The summed E-state index contributed by atoms with van der Waals surface area (Å²) in [6, 6.07) is 1.88. The second-order valence-electron chi connectivity index (χ2n) is 8.29. The van der Waals surface area contributed by atoms with Crippen molar-refractivity contribution in [3.63, 3.8) is 0 Å². The molecule has 0 bridgehead atoms. The first kappa shape index (κ1) is 24.2. The lowest BCUT2D eigenvalue weighted by atomic mass is 10.0. The second-order valence-corrected chi connectivity index (χ2v) is 8.29. The number of H-pyrrole nitrogens is 1. The summed E-state index contributed by atoms with van der Waals surface area (Å²) in [5, 5.41) is 17.1. The summed E-state index contributed by atoms with van der Waals surface area (Å²) >= 11 is 0. The molecule has 1 atom stereocenters. The van der Waals surface area contributed by atoms with Gasteiger partial charge in [0.2, 0.25) is 5.95 Å². The topological polar surface area (TPSA) is 114 Å². The number of hydrogen-bond donors (Lipinski definition) is 3. The average molecular weight is 487 g/mol. The fourth-order valence-corrected chi connectivity index (χ4v) is 4.11. The van der Waals surface area contributed by atoms with E-state index in [0.29, 0.717) is 49.1 Å². The Hall–Kier alpha value is -3.96. The molecule has 0 unspecified atom stereocenters. The maximum Gasteiger partial charge on any atom is 0.318 e. The molecule has 1 aliphatic rings. The predicted octanol–water partition coefficient (Wildman–Crippen LogP) is 3.51. The second kappa shape index (κ2) is 10.1. The molecule has 3 heterocycles. The van der Waals surface area contributed by atoms with Crippen LogP contribution in [0.5, 0.6) is 0 Å². The van der Waals surface area contributed by atoms with Gasteiger partial charge in [-0.25, -0.2) is 27.9 Å². The summed E-state index contributed by atoms with van der Waals surface area (Å²) in [5.41, 5.74) is 2.33. The summed E-state index contributed by atoms with van der Waals surface area (Å²) in [4.78, 5) is 24.8. The Kier molecular flexibility index (Phi) is 6.99. The third-order valence-electron chi connectivity index (χ3n) is 5.88. The molecule has 0 spiro atoms. The van der Waals surface area contributed by atoms with Gasteiger partial charge in [0.1, 0.15) is 17.3 Å². The van der Waals surface area contributed by atoms with Crippen LogP contribution in [-0.2, 0) is 0 Å². The monoisotopic (exact) mass is 486 g/mol. The maximum atomic E-state index is 14.5. The molecule has 0 aliphatic carbocycles. The number of urea groups is 1. The highest BCUT2D eigenvalue weighted by Gasteiger charge is 2.26. The van der Waals surface area contributed by atoms with E-state index in [2.05, 4.69) is 25.5 Å². The van der Waals surface area contributed by atoms with Crippen molar-refractivity contribution in [3.05, 3.63) is 58.8 Å². The van der Waals surface area contributed by atoms with Gasteiger partial charge in [0.05, 0.1) is 17.9 Å². The van der Waals surface area contributed by atoms with Crippen LogP contribution in [0.15, 0.2) is 24.4 Å². The van der Waals surface area contributed by atoms with Gasteiger partial charge in [0.15, 0.2) is 5.82 Å². The number of carbonyl (C=O) groups excluding carboxylic acids is 1. The van der Waals surface area contributed by atoms with Crippen LogP contribution in [0.3, 0.4) is 0 Å². The van der Waals surface area contributed by atoms with E-state index in [1.807, 2.05) is 4.90 Å². The highest BCUT2D eigenvalue weighted by Crippen LogP contribution is 2.27. The van der Waals surface area contributed by atoms with Crippen LogP contribution in [0.4, 0.5) is 23.9 Å². The molecular weight excluding hydrogens is 461 g/mol. The summed E-state index contributed by atoms with van der Waals surface area (Å²) in [6.45, 7) is 5.04. The van der Waals surface area contributed by atoms with Crippen molar-refractivity contribution in [2.45, 2.75) is 26.3 Å². The highest BCUT2D eigenvalue weighted by atomic mass is 19.1. The van der Waals surface area contributed by atoms with Crippen molar-refractivity contribution < 1.29 is 18.0 Å². The van der Waals surface area contributed by atoms with Gasteiger partial charge in [-0.05, 0) is 37.8 Å². The Morgan fingerprint density at radius 2 is 1.86 bits per heavy atom. The van der Waals surface area contributed by atoms with Crippen molar-refractivity contribution in [1.82, 2.24) is 30.4 Å². The number of piperazine rings is 1. The van der Waals surface area contributed by atoms with Crippen LogP contribution in [-0.4, -0.2) is 63.5 Å². The molecular formula is C23H25F3N8O. The van der Waals surface area contributed by atoms with Crippen LogP contribution < -0.4 is 10.2 Å². The quantitative estimate of drug-likeness (QED) is 0.462. The van der Waals surface area contributed by atoms with E-state index < -0.39 is 29.5 Å². The molecule has 184 valence electrons. The van der Waals surface area contributed by atoms with Gasteiger partial charge in [0, 0.05) is 49.9 Å². The summed E-state index contributed by atoms with van der Waals surface area (Å²) in [5.74, 6) is -1.71. The van der Waals surface area contributed by atoms with Crippen molar-refractivity contribution in [2.24, 2.45) is 0 Å². The Morgan fingerprint density at radius 1 is 1.17 bits per heavy atom. The fraction of sp³-hybridized carbons (Fsp3) is 0.348. The first-order valence-corrected chi connectivity index (χ1v) is 11.1. The molecule has 9 nitrogen and oxygen atoms in total. The van der Waals surface area contributed by atoms with E-state index in [9.17, 15) is 18.0 Å². The number of anilines is 1. The number of carbonyl (C=O) groups is 1. The Labute approximate surface area is 199 Å². The largest absolute Gasteiger partial charge is 0.337 e. The molecule has 12 heteroatoms. The van der Waals surface area contributed by atoms with E-state index >= 15 is 0 Å². The number of aromatic nitrogens is 4. The van der Waals surface area contributed by atoms with Crippen LogP contribution in [0, 0.1) is 36.7 Å². The zero-order valence-corrected chi connectivity index (χ0v) is 19.3. The molecule has 2 amide bonds. The van der Waals surface area contributed by atoms with E-state index in [0.717, 1.165) is 30.6 Å². The molecule has 1 fully saturated rings. The molecule has 0 saturated carbocycles. The van der Waals surface area contributed by atoms with Gasteiger partial charge >= 0.3 is 6.03 Å². The molecule has 3 N–H and O–H groups in total. The fourth-order valence-electron chi connectivity index (χ4n) is 4.11. The molecule has 3 aromatic rings. The molecule has 0 radical (unpaired) electrons. The smallest absolute Gasteiger partial charge is 0.318 e. The highest BCUT2D eigenvalue weighted by molar-refractivity contribution is 5.75. The maximum absolute atomic E-state index is 14.5. The number of benzene rings is 1. The van der Waals surface area contributed by atoms with E-state index in [1.54, 1.807) is 18.7 Å². The minimum atomic E-state index is -0.752. The number of aromatic amines is 1. The van der Waals surface area contributed by atoms with E-state index in [-0.39, 0.29) is 17.7 Å². The lowest BCUT2D eigenvalue weighted by molar-refractivity contribution is 0.190.